The molecule has 17 heavy (non-hydrogen) atoms. The molecule has 0 aromatic heterocycles. The zero-order valence-electron chi connectivity index (χ0n) is 9.30. The SMILES string of the molecule is Cc1cc(F)cc(Nc2ccc(N)cc2I)c1. The van der Waals surface area contributed by atoms with Crippen LogP contribution in [0, 0.1) is 16.3 Å². The molecule has 3 N–H and O–H groups in total. The third kappa shape index (κ3) is 3.09. The fraction of sp³-hybridized carbons (Fsp3) is 0.0769. The third-order valence-corrected chi connectivity index (χ3v) is 3.21. The number of halogens is 2. The van der Waals surface area contributed by atoms with E-state index in [1.165, 1.54) is 12.1 Å². The van der Waals surface area contributed by atoms with Crippen molar-refractivity contribution in [2.75, 3.05) is 11.1 Å². The van der Waals surface area contributed by atoms with Gasteiger partial charge in [0.15, 0.2) is 0 Å². The van der Waals surface area contributed by atoms with Crippen molar-refractivity contribution >= 4 is 39.7 Å². The summed E-state index contributed by atoms with van der Waals surface area (Å²) < 4.78 is 14.2. The molecule has 0 unspecified atom stereocenters. The number of rotatable bonds is 2. The van der Waals surface area contributed by atoms with Gasteiger partial charge >= 0.3 is 0 Å². The first-order valence-corrected chi connectivity index (χ1v) is 6.22. The summed E-state index contributed by atoms with van der Waals surface area (Å²) in [5.41, 5.74) is 8.94. The van der Waals surface area contributed by atoms with E-state index < -0.39 is 0 Å². The first kappa shape index (κ1) is 12.2. The van der Waals surface area contributed by atoms with Crippen LogP contribution in [0.4, 0.5) is 21.5 Å². The number of benzene rings is 2. The number of aryl methyl sites for hydroxylation is 1. The normalized spacial score (nSPS) is 10.3. The van der Waals surface area contributed by atoms with Gasteiger partial charge in [-0.15, -0.1) is 0 Å². The van der Waals surface area contributed by atoms with Crippen LogP contribution >= 0.6 is 22.6 Å². The number of hydrogen-bond donors (Lipinski definition) is 2. The second-order valence-corrected chi connectivity index (χ2v) is 5.04. The van der Waals surface area contributed by atoms with Crippen molar-refractivity contribution in [1.82, 2.24) is 0 Å². The molecule has 2 aromatic rings. The smallest absolute Gasteiger partial charge is 0.125 e. The first-order valence-electron chi connectivity index (χ1n) is 5.14. The van der Waals surface area contributed by atoms with Gasteiger partial charge in [0.25, 0.3) is 0 Å². The van der Waals surface area contributed by atoms with Crippen LogP contribution in [0.5, 0.6) is 0 Å². The first-order chi connectivity index (χ1) is 8.04. The Morgan fingerprint density at radius 2 is 1.94 bits per heavy atom. The third-order valence-electron chi connectivity index (χ3n) is 2.31. The quantitative estimate of drug-likeness (QED) is 0.638. The zero-order chi connectivity index (χ0) is 12.4. The van der Waals surface area contributed by atoms with Crippen LogP contribution < -0.4 is 11.1 Å². The Morgan fingerprint density at radius 1 is 1.18 bits per heavy atom. The molecule has 0 aliphatic heterocycles. The van der Waals surface area contributed by atoms with Gasteiger partial charge in [-0.1, -0.05) is 0 Å². The Hall–Kier alpha value is -1.30. The van der Waals surface area contributed by atoms with Crippen molar-refractivity contribution in [3.8, 4) is 0 Å². The number of nitrogens with one attached hydrogen (secondary N) is 1. The number of hydrogen-bond acceptors (Lipinski definition) is 2. The van der Waals surface area contributed by atoms with Gasteiger partial charge in [-0.3, -0.25) is 0 Å². The van der Waals surface area contributed by atoms with Crippen LogP contribution in [0.1, 0.15) is 5.56 Å². The highest BCUT2D eigenvalue weighted by Gasteiger charge is 2.02. The molecule has 0 saturated heterocycles. The Labute approximate surface area is 113 Å². The van der Waals surface area contributed by atoms with E-state index >= 15 is 0 Å². The van der Waals surface area contributed by atoms with Gasteiger partial charge in [-0.2, -0.15) is 0 Å². The van der Waals surface area contributed by atoms with Gasteiger partial charge in [0, 0.05) is 14.9 Å². The van der Waals surface area contributed by atoms with Crippen molar-refractivity contribution < 1.29 is 4.39 Å². The molecule has 0 amide bonds. The van der Waals surface area contributed by atoms with E-state index in [4.69, 9.17) is 5.73 Å². The van der Waals surface area contributed by atoms with Crippen molar-refractivity contribution in [3.05, 3.63) is 51.3 Å². The summed E-state index contributed by atoms with van der Waals surface area (Å²) in [4.78, 5) is 0. The molecule has 0 aliphatic carbocycles. The van der Waals surface area contributed by atoms with Gasteiger partial charge in [0.1, 0.15) is 5.82 Å². The van der Waals surface area contributed by atoms with Gasteiger partial charge < -0.3 is 11.1 Å². The predicted molar refractivity (Wildman–Crippen MR) is 78.0 cm³/mol. The van der Waals surface area contributed by atoms with Crippen LogP contribution in [0.2, 0.25) is 0 Å². The van der Waals surface area contributed by atoms with E-state index in [-0.39, 0.29) is 5.82 Å². The minimum absolute atomic E-state index is 0.238. The fourth-order valence-corrected chi connectivity index (χ4v) is 2.27. The van der Waals surface area contributed by atoms with Gasteiger partial charge in [0.2, 0.25) is 0 Å². The lowest BCUT2D eigenvalue weighted by atomic mass is 10.2. The van der Waals surface area contributed by atoms with Gasteiger partial charge in [-0.25, -0.2) is 4.39 Å². The molecule has 88 valence electrons. The largest absolute Gasteiger partial charge is 0.399 e. The van der Waals surface area contributed by atoms with Crippen LogP contribution in [0.3, 0.4) is 0 Å². The van der Waals surface area contributed by atoms with Crippen molar-refractivity contribution in [1.29, 1.82) is 0 Å². The Balaban J connectivity index is 2.31. The molecular weight excluding hydrogens is 330 g/mol. The molecule has 0 fully saturated rings. The van der Waals surface area contributed by atoms with Crippen molar-refractivity contribution in [3.63, 3.8) is 0 Å². The highest BCUT2D eigenvalue weighted by atomic mass is 127. The van der Waals surface area contributed by atoms with Crippen LogP contribution in [-0.4, -0.2) is 0 Å². The second-order valence-electron chi connectivity index (χ2n) is 3.88. The highest BCUT2D eigenvalue weighted by molar-refractivity contribution is 14.1. The molecule has 2 nitrogen and oxygen atoms in total. The Kier molecular flexibility index (Phi) is 3.51. The molecule has 0 bridgehead atoms. The Morgan fingerprint density at radius 3 is 2.59 bits per heavy atom. The minimum Gasteiger partial charge on any atom is -0.399 e. The lowest BCUT2D eigenvalue weighted by molar-refractivity contribution is 0.627. The summed E-state index contributed by atoms with van der Waals surface area (Å²) in [6.07, 6.45) is 0. The van der Waals surface area contributed by atoms with Gasteiger partial charge in [-0.05, 0) is 71.5 Å². The van der Waals surface area contributed by atoms with Crippen molar-refractivity contribution in [2.24, 2.45) is 0 Å². The molecule has 0 heterocycles. The number of nitrogens with two attached hydrogens (primary N) is 1. The topological polar surface area (TPSA) is 38.0 Å². The van der Waals surface area contributed by atoms with E-state index in [9.17, 15) is 4.39 Å². The summed E-state index contributed by atoms with van der Waals surface area (Å²) >= 11 is 2.19. The molecule has 2 rings (SSSR count). The second kappa shape index (κ2) is 4.91. The van der Waals surface area contributed by atoms with E-state index in [1.54, 1.807) is 0 Å². The number of nitrogen functional groups attached to an aromatic ring is 1. The lowest BCUT2D eigenvalue weighted by Gasteiger charge is -2.10. The lowest BCUT2D eigenvalue weighted by Crippen LogP contribution is -1.95. The van der Waals surface area contributed by atoms with Crippen LogP contribution in [-0.2, 0) is 0 Å². The summed E-state index contributed by atoms with van der Waals surface area (Å²) in [5, 5.41) is 3.18. The van der Waals surface area contributed by atoms with E-state index in [0.717, 1.165) is 26.2 Å². The molecule has 4 heteroatoms. The maximum Gasteiger partial charge on any atom is 0.125 e. The monoisotopic (exact) mass is 342 g/mol. The molecule has 0 atom stereocenters. The van der Waals surface area contributed by atoms with Crippen LogP contribution in [0.15, 0.2) is 36.4 Å². The summed E-state index contributed by atoms with van der Waals surface area (Å²) in [6.45, 7) is 1.86. The summed E-state index contributed by atoms with van der Waals surface area (Å²) in [6, 6.07) is 10.4. The maximum absolute atomic E-state index is 13.2. The molecule has 0 saturated carbocycles. The van der Waals surface area contributed by atoms with Gasteiger partial charge in [0.05, 0.1) is 5.69 Å². The zero-order valence-corrected chi connectivity index (χ0v) is 11.5. The standard InChI is InChI=1S/C13H12FIN2/c1-8-4-9(14)6-11(5-8)17-13-3-2-10(16)7-12(13)15/h2-7,17H,16H2,1H3. The molecule has 0 radical (unpaired) electrons. The van der Waals surface area contributed by atoms with Crippen LogP contribution in [0.25, 0.3) is 0 Å². The molecule has 0 spiro atoms. The Bertz CT molecular complexity index is 535. The molecule has 2 aromatic carbocycles. The average Bonchev–Trinajstić information content (AvgIpc) is 2.21. The minimum atomic E-state index is -0.238. The highest BCUT2D eigenvalue weighted by Crippen LogP contribution is 2.25. The average molecular weight is 342 g/mol. The summed E-state index contributed by atoms with van der Waals surface area (Å²) in [7, 11) is 0. The number of anilines is 3. The molecule has 0 aliphatic rings. The predicted octanol–water partition coefficient (Wildman–Crippen LogP) is 4.06. The fourth-order valence-electron chi connectivity index (χ4n) is 1.60. The van der Waals surface area contributed by atoms with E-state index in [0.29, 0.717) is 0 Å². The molecular formula is C13H12FIN2. The maximum atomic E-state index is 13.2. The van der Waals surface area contributed by atoms with E-state index in [1.807, 2.05) is 31.2 Å². The van der Waals surface area contributed by atoms with Crippen molar-refractivity contribution in [2.45, 2.75) is 6.92 Å². The van der Waals surface area contributed by atoms with E-state index in [2.05, 4.69) is 27.9 Å². The summed E-state index contributed by atoms with van der Waals surface area (Å²) in [5.74, 6) is -0.238.